The number of alkyl halides is 5. The first-order chi connectivity index (χ1) is 9.56. The first-order valence-corrected chi connectivity index (χ1v) is 6.63. The highest BCUT2D eigenvalue weighted by Gasteiger charge is 2.58. The zero-order valence-corrected chi connectivity index (χ0v) is 12.2. The quantitative estimate of drug-likeness (QED) is 0.659. The summed E-state index contributed by atoms with van der Waals surface area (Å²) in [5.41, 5.74) is 1.32. The van der Waals surface area contributed by atoms with E-state index in [0.29, 0.717) is 11.5 Å². The Morgan fingerprint density at radius 1 is 1.00 bits per heavy atom. The molecule has 0 aliphatic carbocycles. The summed E-state index contributed by atoms with van der Waals surface area (Å²) in [7, 11) is 1.12. The van der Waals surface area contributed by atoms with E-state index in [1.807, 2.05) is 13.8 Å². The highest BCUT2D eigenvalue weighted by atomic mass is 19.4. The maximum atomic E-state index is 13.1. The molecule has 0 saturated heterocycles. The van der Waals surface area contributed by atoms with E-state index < -0.39 is 24.6 Å². The van der Waals surface area contributed by atoms with Crippen molar-refractivity contribution in [3.8, 4) is 0 Å². The predicted molar refractivity (Wildman–Crippen MR) is 70.4 cm³/mol. The monoisotopic (exact) mass is 310 g/mol. The van der Waals surface area contributed by atoms with Crippen molar-refractivity contribution in [1.82, 2.24) is 0 Å². The van der Waals surface area contributed by atoms with Crippen LogP contribution < -0.4 is 0 Å². The molecule has 1 unspecified atom stereocenters. The van der Waals surface area contributed by atoms with Crippen LogP contribution in [-0.2, 0) is 11.2 Å². The van der Waals surface area contributed by atoms with Gasteiger partial charge in [0.25, 0.3) is 0 Å². The molecule has 120 valence electrons. The van der Waals surface area contributed by atoms with Crippen LogP contribution in [0.2, 0.25) is 0 Å². The van der Waals surface area contributed by atoms with E-state index in [1.165, 1.54) is 0 Å². The van der Waals surface area contributed by atoms with E-state index in [4.69, 9.17) is 4.74 Å². The Bertz CT molecular complexity index is 436. The smallest absolute Gasteiger partial charge is 0.377 e. The van der Waals surface area contributed by atoms with E-state index in [2.05, 4.69) is 0 Å². The third-order valence-electron chi connectivity index (χ3n) is 3.14. The van der Waals surface area contributed by atoms with Gasteiger partial charge >= 0.3 is 12.1 Å². The fraction of sp³-hybridized carbons (Fsp3) is 0.600. The summed E-state index contributed by atoms with van der Waals surface area (Å²) in [4.78, 5) is 0. The number of hydrogen-bond donors (Lipinski definition) is 0. The zero-order chi connectivity index (χ0) is 16.3. The third-order valence-corrected chi connectivity index (χ3v) is 3.14. The Hall–Kier alpha value is -1.17. The first-order valence-electron chi connectivity index (χ1n) is 6.63. The molecule has 0 aliphatic rings. The number of ether oxygens (including phenoxy) is 1. The van der Waals surface area contributed by atoms with Crippen LogP contribution >= 0.6 is 0 Å². The molecule has 0 amide bonds. The number of methoxy groups -OCH3 is 1. The van der Waals surface area contributed by atoms with Crippen LogP contribution in [0.3, 0.4) is 0 Å². The van der Waals surface area contributed by atoms with Crippen molar-refractivity contribution in [2.24, 2.45) is 5.92 Å². The van der Waals surface area contributed by atoms with Crippen molar-refractivity contribution >= 4 is 0 Å². The molecular weight excluding hydrogens is 291 g/mol. The van der Waals surface area contributed by atoms with Crippen molar-refractivity contribution in [3.63, 3.8) is 0 Å². The number of rotatable bonds is 6. The van der Waals surface area contributed by atoms with Crippen molar-refractivity contribution in [2.45, 2.75) is 44.9 Å². The van der Waals surface area contributed by atoms with Gasteiger partial charge in [-0.2, -0.15) is 22.0 Å². The highest BCUT2D eigenvalue weighted by Crippen LogP contribution is 2.42. The van der Waals surface area contributed by atoms with Gasteiger partial charge in [0.15, 0.2) is 0 Å². The van der Waals surface area contributed by atoms with Crippen molar-refractivity contribution < 1.29 is 26.7 Å². The summed E-state index contributed by atoms with van der Waals surface area (Å²) in [5, 5.41) is 0. The number of hydrogen-bond acceptors (Lipinski definition) is 1. The highest BCUT2D eigenvalue weighted by molar-refractivity contribution is 5.25. The largest absolute Gasteiger partial charge is 0.453 e. The zero-order valence-electron chi connectivity index (χ0n) is 12.2. The summed E-state index contributed by atoms with van der Waals surface area (Å²) in [6.45, 7) is 4.07. The predicted octanol–water partition coefficient (Wildman–Crippen LogP) is 5.16. The van der Waals surface area contributed by atoms with Crippen LogP contribution in [0.4, 0.5) is 22.0 Å². The molecule has 21 heavy (non-hydrogen) atoms. The fourth-order valence-electron chi connectivity index (χ4n) is 2.03. The normalized spacial score (nSPS) is 14.5. The number of halogens is 5. The number of benzene rings is 1. The average molecular weight is 310 g/mol. The van der Waals surface area contributed by atoms with Gasteiger partial charge in [0.2, 0.25) is 0 Å². The molecule has 0 aromatic heterocycles. The lowest BCUT2D eigenvalue weighted by Crippen LogP contribution is -2.38. The molecule has 0 N–H and O–H groups in total. The van der Waals surface area contributed by atoms with Crippen LogP contribution in [0.15, 0.2) is 24.3 Å². The average Bonchev–Trinajstić information content (AvgIpc) is 2.35. The topological polar surface area (TPSA) is 9.23 Å². The molecule has 1 nitrogen and oxygen atoms in total. The Balaban J connectivity index is 2.86. The molecule has 0 saturated carbocycles. The fourth-order valence-corrected chi connectivity index (χ4v) is 2.03. The minimum absolute atomic E-state index is 0.314. The van der Waals surface area contributed by atoms with Gasteiger partial charge in [-0.25, -0.2) is 0 Å². The second-order valence-electron chi connectivity index (χ2n) is 5.47. The van der Waals surface area contributed by atoms with E-state index in [0.717, 1.165) is 19.1 Å². The van der Waals surface area contributed by atoms with E-state index in [-0.39, 0.29) is 0 Å². The molecule has 1 atom stereocenters. The summed E-state index contributed by atoms with van der Waals surface area (Å²) >= 11 is 0. The molecule has 0 aliphatic heterocycles. The minimum atomic E-state index is -5.57. The van der Waals surface area contributed by atoms with Crippen LogP contribution in [0, 0.1) is 5.92 Å². The van der Waals surface area contributed by atoms with Crippen molar-refractivity contribution in [3.05, 3.63) is 35.4 Å². The van der Waals surface area contributed by atoms with Gasteiger partial charge in [-0.1, -0.05) is 38.1 Å². The van der Waals surface area contributed by atoms with Gasteiger partial charge in [0, 0.05) is 7.11 Å². The van der Waals surface area contributed by atoms with Gasteiger partial charge in [-0.05, 0) is 23.5 Å². The molecule has 0 fully saturated rings. The Kier molecular flexibility index (Phi) is 5.73. The van der Waals surface area contributed by atoms with E-state index in [1.54, 1.807) is 24.3 Å². The molecule has 0 heterocycles. The standard InChI is InChI=1S/C15H19F5O/c1-10(2)8-11-4-6-12(7-5-11)13(21-3)9-14(16,17)15(18,19)20/h4-7,10,13H,8-9H2,1-3H3. The third kappa shape index (κ3) is 4.95. The molecule has 1 aromatic carbocycles. The lowest BCUT2D eigenvalue weighted by atomic mass is 9.98. The maximum Gasteiger partial charge on any atom is 0.453 e. The lowest BCUT2D eigenvalue weighted by Gasteiger charge is -2.24. The van der Waals surface area contributed by atoms with Gasteiger partial charge in [-0.15, -0.1) is 0 Å². The molecule has 0 radical (unpaired) electrons. The second-order valence-corrected chi connectivity index (χ2v) is 5.47. The first kappa shape index (κ1) is 17.9. The molecule has 0 spiro atoms. The molecular formula is C15H19F5O. The van der Waals surface area contributed by atoms with E-state index in [9.17, 15) is 22.0 Å². The van der Waals surface area contributed by atoms with Crippen LogP contribution in [-0.4, -0.2) is 19.2 Å². The van der Waals surface area contributed by atoms with E-state index >= 15 is 0 Å². The molecule has 1 rings (SSSR count). The lowest BCUT2D eigenvalue weighted by molar-refractivity contribution is -0.291. The van der Waals surface area contributed by atoms with Gasteiger partial charge in [-0.3, -0.25) is 0 Å². The van der Waals surface area contributed by atoms with Crippen molar-refractivity contribution in [2.75, 3.05) is 7.11 Å². The van der Waals surface area contributed by atoms with Gasteiger partial charge in [0.05, 0.1) is 12.5 Å². The molecule has 6 heteroatoms. The Morgan fingerprint density at radius 3 is 1.90 bits per heavy atom. The van der Waals surface area contributed by atoms with Gasteiger partial charge < -0.3 is 4.74 Å². The summed E-state index contributed by atoms with van der Waals surface area (Å²) in [6.07, 6.45) is -7.47. The minimum Gasteiger partial charge on any atom is -0.377 e. The maximum absolute atomic E-state index is 13.1. The van der Waals surface area contributed by atoms with Gasteiger partial charge in [0.1, 0.15) is 0 Å². The Labute approximate surface area is 121 Å². The van der Waals surface area contributed by atoms with Crippen molar-refractivity contribution in [1.29, 1.82) is 0 Å². The summed E-state index contributed by atoms with van der Waals surface area (Å²) < 4.78 is 67.8. The SMILES string of the molecule is COC(CC(F)(F)C(F)(F)F)c1ccc(CC(C)C)cc1. The van der Waals surface area contributed by atoms with Crippen LogP contribution in [0.1, 0.15) is 37.5 Å². The summed E-state index contributed by atoms with van der Waals surface area (Å²) in [6, 6.07) is 6.54. The van der Waals surface area contributed by atoms with Crippen LogP contribution in [0.5, 0.6) is 0 Å². The van der Waals surface area contributed by atoms with Crippen LogP contribution in [0.25, 0.3) is 0 Å². The Morgan fingerprint density at radius 2 is 1.52 bits per heavy atom. The molecule has 1 aromatic rings. The summed E-state index contributed by atoms with van der Waals surface area (Å²) in [5.74, 6) is -4.34. The molecule has 0 bridgehead atoms. The second kappa shape index (κ2) is 6.73.